The highest BCUT2D eigenvalue weighted by atomic mass is 79.9. The van der Waals surface area contributed by atoms with Crippen molar-refractivity contribution in [2.24, 2.45) is 10.7 Å². The highest BCUT2D eigenvalue weighted by molar-refractivity contribution is 9.10. The van der Waals surface area contributed by atoms with Gasteiger partial charge in [0.15, 0.2) is 16.6 Å². The van der Waals surface area contributed by atoms with Crippen LogP contribution in [0.3, 0.4) is 0 Å². The van der Waals surface area contributed by atoms with Crippen molar-refractivity contribution in [2.75, 3.05) is 12.4 Å². The molecule has 124 valence electrons. The van der Waals surface area contributed by atoms with E-state index in [2.05, 4.69) is 35.9 Å². The van der Waals surface area contributed by atoms with Gasteiger partial charge in [-0.2, -0.15) is 0 Å². The van der Waals surface area contributed by atoms with Crippen molar-refractivity contribution in [2.45, 2.75) is 11.1 Å². The zero-order valence-electron chi connectivity index (χ0n) is 11.6. The molecule has 0 spiro atoms. The minimum Gasteiger partial charge on any atom is -0.395 e. The van der Waals surface area contributed by atoms with Gasteiger partial charge in [0.25, 0.3) is 0 Å². The number of aliphatic imine (C=N–C) groups is 1. The molecular formula is C12H13BrFN5O3S. The Kier molecular flexibility index (Phi) is 6.47. The standard InChI is InChI=1S/C12H13BrFN5O3S/c13-8-3-7(1-2-9(8)14)16-11(17-21)10-12(19-22-18-10)23-5-6(15)4-20/h1-3,6,20-21H,4-5,15H2,(H,16,17). The van der Waals surface area contributed by atoms with Crippen LogP contribution in [0.5, 0.6) is 0 Å². The number of nitrogens with zero attached hydrogens (tertiary/aromatic N) is 3. The van der Waals surface area contributed by atoms with Gasteiger partial charge >= 0.3 is 0 Å². The molecule has 0 bridgehead atoms. The summed E-state index contributed by atoms with van der Waals surface area (Å²) in [7, 11) is 0. The Bertz CT molecular complexity index is 699. The van der Waals surface area contributed by atoms with Crippen molar-refractivity contribution in [3.63, 3.8) is 0 Å². The van der Waals surface area contributed by atoms with E-state index in [-0.39, 0.29) is 22.6 Å². The minimum absolute atomic E-state index is 0.0233. The lowest BCUT2D eigenvalue weighted by atomic mass is 10.3. The van der Waals surface area contributed by atoms with Crippen LogP contribution in [0.15, 0.2) is 37.3 Å². The Morgan fingerprint density at radius 2 is 2.30 bits per heavy atom. The fourth-order valence-electron chi connectivity index (χ4n) is 1.47. The summed E-state index contributed by atoms with van der Waals surface area (Å²) in [6, 6.07) is 3.67. The summed E-state index contributed by atoms with van der Waals surface area (Å²) in [4.78, 5) is 4.13. The Hall–Kier alpha value is -1.53. The van der Waals surface area contributed by atoms with Crippen molar-refractivity contribution in [3.8, 4) is 0 Å². The normalized spacial score (nSPS) is 13.2. The molecule has 0 radical (unpaired) electrons. The van der Waals surface area contributed by atoms with Gasteiger partial charge in [-0.1, -0.05) is 11.8 Å². The lowest BCUT2D eigenvalue weighted by Gasteiger charge is -2.06. The zero-order valence-corrected chi connectivity index (χ0v) is 14.0. The van der Waals surface area contributed by atoms with Crippen molar-refractivity contribution in [3.05, 3.63) is 34.2 Å². The highest BCUT2D eigenvalue weighted by Crippen LogP contribution is 2.24. The van der Waals surface area contributed by atoms with E-state index in [1.54, 1.807) is 0 Å². The number of nitrogens with one attached hydrogen (secondary N) is 1. The topological polar surface area (TPSA) is 130 Å². The molecule has 1 atom stereocenters. The summed E-state index contributed by atoms with van der Waals surface area (Å²) in [5.41, 5.74) is 8.08. The molecule has 8 nitrogen and oxygen atoms in total. The van der Waals surface area contributed by atoms with Crippen molar-refractivity contribution < 1.29 is 19.3 Å². The molecule has 0 aliphatic carbocycles. The monoisotopic (exact) mass is 405 g/mol. The van der Waals surface area contributed by atoms with E-state index in [0.29, 0.717) is 16.5 Å². The Morgan fingerprint density at radius 1 is 1.52 bits per heavy atom. The molecule has 0 fully saturated rings. The minimum atomic E-state index is -0.431. The first-order valence-electron chi connectivity index (χ1n) is 6.31. The molecule has 2 aromatic rings. The van der Waals surface area contributed by atoms with Crippen LogP contribution in [-0.4, -0.2) is 44.9 Å². The van der Waals surface area contributed by atoms with Crippen LogP contribution in [0, 0.1) is 5.82 Å². The quantitative estimate of drug-likeness (QED) is 0.246. The fourth-order valence-corrected chi connectivity index (χ4v) is 2.67. The summed E-state index contributed by atoms with van der Waals surface area (Å²) in [6.45, 7) is -0.170. The number of thioether (sulfide) groups is 1. The predicted octanol–water partition coefficient (Wildman–Crippen LogP) is 1.44. The Labute approximate surface area is 143 Å². The van der Waals surface area contributed by atoms with Gasteiger partial charge in [-0.05, 0) is 44.4 Å². The molecule has 1 aromatic carbocycles. The van der Waals surface area contributed by atoms with Gasteiger partial charge in [0, 0.05) is 11.8 Å². The number of aromatic nitrogens is 2. The van der Waals surface area contributed by atoms with Gasteiger partial charge in [0.05, 0.1) is 16.8 Å². The van der Waals surface area contributed by atoms with Gasteiger partial charge in [0.2, 0.25) is 0 Å². The molecule has 0 saturated carbocycles. The third-order valence-corrected chi connectivity index (χ3v) is 4.35. The lowest BCUT2D eigenvalue weighted by Crippen LogP contribution is -2.27. The van der Waals surface area contributed by atoms with Crippen LogP contribution in [-0.2, 0) is 0 Å². The number of hydrogen-bond acceptors (Lipinski definition) is 8. The van der Waals surface area contributed by atoms with Crippen LogP contribution in [0.1, 0.15) is 5.69 Å². The SMILES string of the molecule is NC(CO)CSc1nonc1C(=Nc1ccc(F)c(Br)c1)NO. The number of hydroxylamine groups is 1. The highest BCUT2D eigenvalue weighted by Gasteiger charge is 2.18. The summed E-state index contributed by atoms with van der Waals surface area (Å²) >= 11 is 4.25. The van der Waals surface area contributed by atoms with E-state index in [0.717, 1.165) is 0 Å². The number of rotatable bonds is 6. The second-order valence-electron chi connectivity index (χ2n) is 4.34. The number of nitrogens with two attached hydrogens (primary N) is 1. The van der Waals surface area contributed by atoms with E-state index in [1.807, 2.05) is 5.48 Å². The first-order valence-corrected chi connectivity index (χ1v) is 8.09. The largest absolute Gasteiger partial charge is 0.395 e. The molecule has 11 heteroatoms. The fraction of sp³-hybridized carbons (Fsp3) is 0.250. The van der Waals surface area contributed by atoms with Crippen molar-refractivity contribution in [1.29, 1.82) is 0 Å². The Balaban J connectivity index is 2.25. The number of hydrogen-bond donors (Lipinski definition) is 4. The predicted molar refractivity (Wildman–Crippen MR) is 85.3 cm³/mol. The number of aliphatic hydroxyl groups excluding tert-OH is 1. The average molecular weight is 406 g/mol. The van der Waals surface area contributed by atoms with Gasteiger partial charge in [0.1, 0.15) is 5.82 Å². The van der Waals surface area contributed by atoms with Gasteiger partial charge in [-0.25, -0.2) is 14.0 Å². The van der Waals surface area contributed by atoms with E-state index in [1.165, 1.54) is 30.0 Å². The summed E-state index contributed by atoms with van der Waals surface area (Å²) in [5, 5.41) is 25.9. The molecule has 0 amide bonds. The second kappa shape index (κ2) is 8.36. The van der Waals surface area contributed by atoms with Gasteiger partial charge < -0.3 is 10.8 Å². The van der Waals surface area contributed by atoms with Crippen LogP contribution < -0.4 is 11.2 Å². The Morgan fingerprint density at radius 3 is 2.96 bits per heavy atom. The van der Waals surface area contributed by atoms with Crippen LogP contribution in [0.25, 0.3) is 0 Å². The summed E-state index contributed by atoms with van der Waals surface area (Å²) in [6.07, 6.45) is 0. The van der Waals surface area contributed by atoms with E-state index >= 15 is 0 Å². The number of aliphatic hydroxyl groups is 1. The summed E-state index contributed by atoms with van der Waals surface area (Å²) in [5.74, 6) is -0.0805. The third kappa shape index (κ3) is 4.72. The molecular weight excluding hydrogens is 393 g/mol. The van der Waals surface area contributed by atoms with Crippen LogP contribution >= 0.6 is 27.7 Å². The molecule has 1 aromatic heterocycles. The first kappa shape index (κ1) is 17.8. The number of benzene rings is 1. The second-order valence-corrected chi connectivity index (χ2v) is 6.21. The molecule has 1 unspecified atom stereocenters. The molecule has 1 heterocycles. The van der Waals surface area contributed by atoms with Crippen molar-refractivity contribution >= 4 is 39.2 Å². The molecule has 5 N–H and O–H groups in total. The zero-order chi connectivity index (χ0) is 16.8. The molecule has 0 aliphatic rings. The number of amidine groups is 1. The summed E-state index contributed by atoms with van der Waals surface area (Å²) < 4.78 is 18.1. The molecule has 23 heavy (non-hydrogen) atoms. The third-order valence-electron chi connectivity index (χ3n) is 2.60. The van der Waals surface area contributed by atoms with E-state index in [4.69, 9.17) is 10.8 Å². The van der Waals surface area contributed by atoms with Gasteiger partial charge in [-0.3, -0.25) is 10.7 Å². The van der Waals surface area contributed by atoms with E-state index < -0.39 is 11.9 Å². The molecule has 0 saturated heterocycles. The van der Waals surface area contributed by atoms with Crippen LogP contribution in [0.4, 0.5) is 10.1 Å². The number of halogens is 2. The molecule has 0 aliphatic heterocycles. The van der Waals surface area contributed by atoms with Gasteiger partial charge in [-0.15, -0.1) is 0 Å². The van der Waals surface area contributed by atoms with Crippen LogP contribution in [0.2, 0.25) is 0 Å². The smallest absolute Gasteiger partial charge is 0.186 e. The maximum Gasteiger partial charge on any atom is 0.186 e. The maximum atomic E-state index is 13.2. The lowest BCUT2D eigenvalue weighted by molar-refractivity contribution is 0.234. The maximum absolute atomic E-state index is 13.2. The first-order chi connectivity index (χ1) is 11.0. The van der Waals surface area contributed by atoms with Crippen molar-refractivity contribution in [1.82, 2.24) is 15.8 Å². The van der Waals surface area contributed by atoms with E-state index in [9.17, 15) is 9.60 Å². The molecule has 2 rings (SSSR count). The average Bonchev–Trinajstić information content (AvgIpc) is 3.01.